The molecule has 0 aromatic carbocycles. The Kier molecular flexibility index (Phi) is 4.52. The fourth-order valence-corrected chi connectivity index (χ4v) is 2.35. The first-order chi connectivity index (χ1) is 6.17. The molecule has 0 bridgehead atoms. The van der Waals surface area contributed by atoms with Crippen molar-refractivity contribution < 1.29 is 5.11 Å². The standard InChI is InChI=1S/C9H20N2OS/c1-6(9(5-12)13-2)11-8-3-7(10)4-8/h6-9,11-12H,3-5,10H2,1-2H3. The second-order valence-electron chi connectivity index (χ2n) is 3.84. The van der Waals surface area contributed by atoms with E-state index < -0.39 is 0 Å². The molecule has 0 aliphatic heterocycles. The van der Waals surface area contributed by atoms with Gasteiger partial charge in [0.1, 0.15) is 0 Å². The van der Waals surface area contributed by atoms with E-state index in [0.717, 1.165) is 12.8 Å². The molecule has 1 aliphatic carbocycles. The van der Waals surface area contributed by atoms with Crippen LogP contribution in [-0.4, -0.2) is 41.3 Å². The molecule has 0 spiro atoms. The van der Waals surface area contributed by atoms with Crippen LogP contribution in [0.25, 0.3) is 0 Å². The Bertz CT molecular complexity index is 147. The number of hydrogen-bond acceptors (Lipinski definition) is 4. The van der Waals surface area contributed by atoms with Gasteiger partial charge in [-0.05, 0) is 26.0 Å². The fourth-order valence-electron chi connectivity index (χ4n) is 1.71. The average Bonchev–Trinajstić information content (AvgIpc) is 2.04. The average molecular weight is 204 g/mol. The summed E-state index contributed by atoms with van der Waals surface area (Å²) in [7, 11) is 0. The van der Waals surface area contributed by atoms with Crippen molar-refractivity contribution in [3.05, 3.63) is 0 Å². The third-order valence-corrected chi connectivity index (χ3v) is 3.88. The number of aliphatic hydroxyl groups is 1. The summed E-state index contributed by atoms with van der Waals surface area (Å²) in [5.41, 5.74) is 5.69. The van der Waals surface area contributed by atoms with Crippen LogP contribution in [0, 0.1) is 0 Å². The Labute approximate surface area is 84.5 Å². The van der Waals surface area contributed by atoms with E-state index in [-0.39, 0.29) is 6.61 Å². The second-order valence-corrected chi connectivity index (χ2v) is 4.92. The Morgan fingerprint density at radius 3 is 2.62 bits per heavy atom. The first kappa shape index (κ1) is 11.3. The highest BCUT2D eigenvalue weighted by Gasteiger charge is 2.28. The van der Waals surface area contributed by atoms with E-state index in [4.69, 9.17) is 10.8 Å². The van der Waals surface area contributed by atoms with Crippen LogP contribution < -0.4 is 11.1 Å². The maximum Gasteiger partial charge on any atom is 0.0564 e. The summed E-state index contributed by atoms with van der Waals surface area (Å²) in [5.74, 6) is 0. The molecular weight excluding hydrogens is 184 g/mol. The Morgan fingerprint density at radius 2 is 2.23 bits per heavy atom. The topological polar surface area (TPSA) is 58.3 Å². The number of nitrogens with one attached hydrogen (secondary N) is 1. The van der Waals surface area contributed by atoms with E-state index in [2.05, 4.69) is 12.2 Å². The molecule has 0 aromatic heterocycles. The van der Waals surface area contributed by atoms with Gasteiger partial charge in [-0.1, -0.05) is 0 Å². The molecule has 78 valence electrons. The monoisotopic (exact) mass is 204 g/mol. The van der Waals surface area contributed by atoms with Crippen molar-refractivity contribution in [2.75, 3.05) is 12.9 Å². The van der Waals surface area contributed by atoms with Gasteiger partial charge in [0.2, 0.25) is 0 Å². The lowest BCUT2D eigenvalue weighted by atomic mass is 9.87. The van der Waals surface area contributed by atoms with Gasteiger partial charge in [0, 0.05) is 23.4 Å². The van der Waals surface area contributed by atoms with Crippen LogP contribution in [0.2, 0.25) is 0 Å². The highest BCUT2D eigenvalue weighted by molar-refractivity contribution is 7.99. The van der Waals surface area contributed by atoms with Crippen LogP contribution in [0.3, 0.4) is 0 Å². The van der Waals surface area contributed by atoms with Gasteiger partial charge in [-0.2, -0.15) is 11.8 Å². The van der Waals surface area contributed by atoms with Crippen LogP contribution in [0.4, 0.5) is 0 Å². The highest BCUT2D eigenvalue weighted by atomic mass is 32.2. The molecule has 2 unspecified atom stereocenters. The molecular formula is C9H20N2OS. The maximum absolute atomic E-state index is 9.07. The molecule has 0 aromatic rings. The minimum absolute atomic E-state index is 0.244. The van der Waals surface area contributed by atoms with Crippen molar-refractivity contribution >= 4 is 11.8 Å². The van der Waals surface area contributed by atoms with Gasteiger partial charge in [-0.3, -0.25) is 0 Å². The molecule has 0 amide bonds. The van der Waals surface area contributed by atoms with Crippen LogP contribution >= 0.6 is 11.8 Å². The van der Waals surface area contributed by atoms with Gasteiger partial charge < -0.3 is 16.2 Å². The van der Waals surface area contributed by atoms with E-state index in [1.807, 2.05) is 6.26 Å². The Morgan fingerprint density at radius 1 is 1.62 bits per heavy atom. The largest absolute Gasteiger partial charge is 0.395 e. The number of aliphatic hydroxyl groups excluding tert-OH is 1. The summed E-state index contributed by atoms with van der Waals surface area (Å²) in [6.07, 6.45) is 4.19. The third kappa shape index (κ3) is 3.13. The Hall–Kier alpha value is 0.230. The van der Waals surface area contributed by atoms with Crippen LogP contribution in [-0.2, 0) is 0 Å². The van der Waals surface area contributed by atoms with Crippen molar-refractivity contribution in [1.29, 1.82) is 0 Å². The van der Waals surface area contributed by atoms with Gasteiger partial charge in [-0.25, -0.2) is 0 Å². The van der Waals surface area contributed by atoms with E-state index in [0.29, 0.717) is 23.4 Å². The Balaban J connectivity index is 2.19. The molecule has 0 heterocycles. The summed E-state index contributed by atoms with van der Waals surface area (Å²) < 4.78 is 0. The number of hydrogen-bond donors (Lipinski definition) is 3. The zero-order valence-electron chi connectivity index (χ0n) is 8.36. The SMILES string of the molecule is CSC(CO)C(C)NC1CC(N)C1. The molecule has 4 heteroatoms. The normalized spacial score (nSPS) is 32.3. The van der Waals surface area contributed by atoms with Crippen molar-refractivity contribution in [1.82, 2.24) is 5.32 Å². The number of thioether (sulfide) groups is 1. The van der Waals surface area contributed by atoms with Crippen molar-refractivity contribution in [3.8, 4) is 0 Å². The quantitative estimate of drug-likeness (QED) is 0.598. The molecule has 3 nitrogen and oxygen atoms in total. The molecule has 1 fully saturated rings. The van der Waals surface area contributed by atoms with Crippen molar-refractivity contribution in [2.24, 2.45) is 5.73 Å². The molecule has 0 saturated heterocycles. The second kappa shape index (κ2) is 5.20. The van der Waals surface area contributed by atoms with Crippen molar-refractivity contribution in [3.63, 3.8) is 0 Å². The van der Waals surface area contributed by atoms with E-state index in [1.165, 1.54) is 0 Å². The van der Waals surface area contributed by atoms with Gasteiger partial charge >= 0.3 is 0 Å². The zero-order valence-corrected chi connectivity index (χ0v) is 9.18. The van der Waals surface area contributed by atoms with E-state index in [1.54, 1.807) is 11.8 Å². The summed E-state index contributed by atoms with van der Waals surface area (Å²) in [6, 6.07) is 1.34. The first-order valence-corrected chi connectivity index (χ1v) is 6.11. The highest BCUT2D eigenvalue weighted by Crippen LogP contribution is 2.20. The van der Waals surface area contributed by atoms with Crippen LogP contribution in [0.15, 0.2) is 0 Å². The van der Waals surface area contributed by atoms with Crippen LogP contribution in [0.1, 0.15) is 19.8 Å². The molecule has 2 atom stereocenters. The summed E-state index contributed by atoms with van der Waals surface area (Å²) >= 11 is 1.71. The predicted molar refractivity (Wildman–Crippen MR) is 58.0 cm³/mol. The number of rotatable bonds is 5. The molecule has 1 rings (SSSR count). The summed E-state index contributed by atoms with van der Waals surface area (Å²) in [4.78, 5) is 0. The smallest absolute Gasteiger partial charge is 0.0564 e. The van der Waals surface area contributed by atoms with Gasteiger partial charge in [0.25, 0.3) is 0 Å². The van der Waals surface area contributed by atoms with Gasteiger partial charge in [0.15, 0.2) is 0 Å². The number of nitrogens with two attached hydrogens (primary N) is 1. The van der Waals surface area contributed by atoms with Gasteiger partial charge in [0.05, 0.1) is 6.61 Å². The van der Waals surface area contributed by atoms with E-state index >= 15 is 0 Å². The fraction of sp³-hybridized carbons (Fsp3) is 1.00. The van der Waals surface area contributed by atoms with E-state index in [9.17, 15) is 0 Å². The van der Waals surface area contributed by atoms with Gasteiger partial charge in [-0.15, -0.1) is 0 Å². The van der Waals surface area contributed by atoms with Crippen molar-refractivity contribution in [2.45, 2.75) is 43.1 Å². The molecule has 13 heavy (non-hydrogen) atoms. The third-order valence-electron chi connectivity index (χ3n) is 2.71. The molecule has 4 N–H and O–H groups in total. The lowest BCUT2D eigenvalue weighted by Crippen LogP contribution is -2.53. The maximum atomic E-state index is 9.07. The minimum atomic E-state index is 0.244. The zero-order chi connectivity index (χ0) is 9.84. The summed E-state index contributed by atoms with van der Waals surface area (Å²) in [6.45, 7) is 2.37. The van der Waals surface area contributed by atoms with Crippen LogP contribution in [0.5, 0.6) is 0 Å². The molecule has 0 radical (unpaired) electrons. The summed E-state index contributed by atoms with van der Waals surface area (Å²) in [5, 5.41) is 12.9. The minimum Gasteiger partial charge on any atom is -0.395 e. The predicted octanol–water partition coefficient (Wildman–Crippen LogP) is 0.178. The molecule has 1 aliphatic rings. The lowest BCUT2D eigenvalue weighted by Gasteiger charge is -2.37. The first-order valence-electron chi connectivity index (χ1n) is 4.82. The molecule has 1 saturated carbocycles. The lowest BCUT2D eigenvalue weighted by molar-refractivity contribution is 0.236.